The number of hydrogen-bond acceptors (Lipinski definition) is 4. The van der Waals surface area contributed by atoms with Gasteiger partial charge in [-0.25, -0.2) is 0 Å². The summed E-state index contributed by atoms with van der Waals surface area (Å²) < 4.78 is 0. The summed E-state index contributed by atoms with van der Waals surface area (Å²) >= 11 is 3.17. The van der Waals surface area contributed by atoms with Gasteiger partial charge in [0.2, 0.25) is 5.91 Å². The highest BCUT2D eigenvalue weighted by molar-refractivity contribution is 8.00. The lowest BCUT2D eigenvalue weighted by atomic mass is 10.1. The van der Waals surface area contributed by atoms with Gasteiger partial charge in [-0.15, -0.1) is 11.8 Å². The number of aryl methyl sites for hydroxylation is 1. The molecule has 1 heterocycles. The molecule has 2 amide bonds. The Labute approximate surface area is 213 Å². The van der Waals surface area contributed by atoms with Crippen LogP contribution >= 0.6 is 23.5 Å². The van der Waals surface area contributed by atoms with Crippen LogP contribution < -0.4 is 10.2 Å². The summed E-state index contributed by atoms with van der Waals surface area (Å²) in [5.74, 6) is -0.139. The Bertz CT molecular complexity index is 1360. The Morgan fingerprint density at radius 2 is 1.46 bits per heavy atom. The highest BCUT2D eigenvalue weighted by atomic mass is 32.2. The number of thioether (sulfide) groups is 1. The van der Waals surface area contributed by atoms with Crippen molar-refractivity contribution in [2.75, 3.05) is 10.2 Å². The van der Waals surface area contributed by atoms with E-state index in [0.29, 0.717) is 11.3 Å². The molecule has 5 rings (SSSR count). The second kappa shape index (κ2) is 10.0. The van der Waals surface area contributed by atoms with Crippen LogP contribution in [0.1, 0.15) is 22.8 Å². The molecule has 4 nitrogen and oxygen atoms in total. The van der Waals surface area contributed by atoms with Crippen LogP contribution in [0.2, 0.25) is 0 Å². The first-order chi connectivity index (χ1) is 17.0. The molecule has 35 heavy (non-hydrogen) atoms. The summed E-state index contributed by atoms with van der Waals surface area (Å²) in [6, 6.07) is 31.1. The van der Waals surface area contributed by atoms with Crippen LogP contribution in [-0.4, -0.2) is 17.1 Å². The smallest absolute Gasteiger partial charge is 0.255 e. The average molecular weight is 497 g/mol. The van der Waals surface area contributed by atoms with E-state index in [2.05, 4.69) is 5.32 Å². The molecule has 0 saturated heterocycles. The molecule has 1 aliphatic heterocycles. The molecule has 6 heteroatoms. The van der Waals surface area contributed by atoms with Crippen molar-refractivity contribution in [3.8, 4) is 0 Å². The fraction of sp³-hybridized carbons (Fsp3) is 0.103. The van der Waals surface area contributed by atoms with Gasteiger partial charge in [-0.05, 0) is 68.4 Å². The highest BCUT2D eigenvalue weighted by Crippen LogP contribution is 2.48. The number of amides is 2. The topological polar surface area (TPSA) is 49.4 Å². The molecular formula is C29H24N2O2S2. The van der Waals surface area contributed by atoms with Crippen molar-refractivity contribution < 1.29 is 9.59 Å². The van der Waals surface area contributed by atoms with Crippen molar-refractivity contribution in [3.63, 3.8) is 0 Å². The van der Waals surface area contributed by atoms with Crippen LogP contribution in [0.3, 0.4) is 0 Å². The average Bonchev–Trinajstić information content (AvgIpc) is 2.87. The zero-order valence-corrected chi connectivity index (χ0v) is 21.0. The lowest BCUT2D eigenvalue weighted by molar-refractivity contribution is -0.117. The standard InChI is InChI=1S/C29H24N2O2S2/c1-19-14-16-21(17-15-19)28(32)30-22-8-7-9-23(18-22)34-20(2)29(33)31-24-10-3-5-12-26(24)35-27-13-6-4-11-25(27)31/h3-18,20H,1-2H3,(H,30,32). The van der Waals surface area contributed by atoms with E-state index in [1.54, 1.807) is 11.8 Å². The minimum absolute atomic E-state index is 0.0179. The molecular weight excluding hydrogens is 472 g/mol. The van der Waals surface area contributed by atoms with Gasteiger partial charge in [-0.1, -0.05) is 59.8 Å². The number of carbonyl (C=O) groups excluding carboxylic acids is 2. The maximum absolute atomic E-state index is 13.7. The third kappa shape index (κ3) is 4.99. The number of hydrogen-bond donors (Lipinski definition) is 1. The highest BCUT2D eigenvalue weighted by Gasteiger charge is 2.31. The van der Waals surface area contributed by atoms with Gasteiger partial charge in [0.05, 0.1) is 16.6 Å². The van der Waals surface area contributed by atoms with Crippen molar-refractivity contribution in [1.82, 2.24) is 0 Å². The molecule has 0 spiro atoms. The summed E-state index contributed by atoms with van der Waals surface area (Å²) in [4.78, 5) is 31.2. The van der Waals surface area contributed by atoms with Crippen molar-refractivity contribution in [1.29, 1.82) is 0 Å². The van der Waals surface area contributed by atoms with Gasteiger partial charge in [-0.3, -0.25) is 14.5 Å². The molecule has 1 atom stereocenters. The van der Waals surface area contributed by atoms with Gasteiger partial charge in [0.15, 0.2) is 0 Å². The first-order valence-corrected chi connectivity index (χ1v) is 13.0. The number of anilines is 3. The van der Waals surface area contributed by atoms with Crippen molar-refractivity contribution in [3.05, 3.63) is 108 Å². The fourth-order valence-electron chi connectivity index (χ4n) is 3.93. The largest absolute Gasteiger partial charge is 0.322 e. The van der Waals surface area contributed by atoms with Gasteiger partial charge in [0, 0.05) is 25.9 Å². The van der Waals surface area contributed by atoms with Crippen molar-refractivity contribution in [2.45, 2.75) is 33.8 Å². The Balaban J connectivity index is 1.34. The van der Waals surface area contributed by atoms with E-state index < -0.39 is 0 Å². The van der Waals surface area contributed by atoms with Gasteiger partial charge < -0.3 is 5.32 Å². The summed E-state index contributed by atoms with van der Waals surface area (Å²) in [6.45, 7) is 3.92. The van der Waals surface area contributed by atoms with Crippen molar-refractivity contribution in [2.24, 2.45) is 0 Å². The third-order valence-electron chi connectivity index (χ3n) is 5.72. The van der Waals surface area contributed by atoms with Gasteiger partial charge >= 0.3 is 0 Å². The summed E-state index contributed by atoms with van der Waals surface area (Å²) in [6.07, 6.45) is 0. The Hall–Kier alpha value is -3.48. The molecule has 1 N–H and O–H groups in total. The molecule has 1 aliphatic rings. The first kappa shape index (κ1) is 23.3. The normalized spacial score (nSPS) is 12.9. The minimum atomic E-state index is -0.331. The molecule has 4 aromatic carbocycles. The molecule has 0 aromatic heterocycles. The number of nitrogens with zero attached hydrogens (tertiary/aromatic N) is 1. The number of carbonyl (C=O) groups is 2. The number of rotatable bonds is 5. The van der Waals surface area contributed by atoms with E-state index in [4.69, 9.17) is 0 Å². The fourth-order valence-corrected chi connectivity index (χ4v) is 5.96. The zero-order valence-electron chi connectivity index (χ0n) is 19.4. The Morgan fingerprint density at radius 3 is 2.11 bits per heavy atom. The summed E-state index contributed by atoms with van der Waals surface area (Å²) in [5.41, 5.74) is 4.24. The van der Waals surface area contributed by atoms with E-state index in [0.717, 1.165) is 31.6 Å². The quantitative estimate of drug-likeness (QED) is 0.290. The number of benzene rings is 4. The second-order valence-corrected chi connectivity index (χ2v) is 10.8. The molecule has 0 aliphatic carbocycles. The Morgan fingerprint density at radius 1 is 0.829 bits per heavy atom. The monoisotopic (exact) mass is 496 g/mol. The lowest BCUT2D eigenvalue weighted by Crippen LogP contribution is -2.34. The minimum Gasteiger partial charge on any atom is -0.322 e. The van der Waals surface area contributed by atoms with Gasteiger partial charge in [0.25, 0.3) is 5.91 Å². The molecule has 4 aromatic rings. The predicted octanol–water partition coefficient (Wildman–Crippen LogP) is 7.56. The number of para-hydroxylation sites is 2. The van der Waals surface area contributed by atoms with Crippen LogP contribution in [0, 0.1) is 6.92 Å². The van der Waals surface area contributed by atoms with Crippen LogP contribution in [0.5, 0.6) is 0 Å². The number of nitrogens with one attached hydrogen (secondary N) is 1. The second-order valence-electron chi connectivity index (χ2n) is 8.32. The molecule has 0 radical (unpaired) electrons. The SMILES string of the molecule is Cc1ccc(C(=O)Nc2cccc(SC(C)C(=O)N3c4ccccc4Sc4ccccc43)c2)cc1. The Kier molecular flexibility index (Phi) is 6.66. The van der Waals surface area contributed by atoms with E-state index in [9.17, 15) is 9.59 Å². The number of fused-ring (bicyclic) bond motifs is 2. The maximum atomic E-state index is 13.7. The molecule has 1 unspecified atom stereocenters. The lowest BCUT2D eigenvalue weighted by Gasteiger charge is -2.32. The summed E-state index contributed by atoms with van der Waals surface area (Å²) in [7, 11) is 0. The van der Waals surface area contributed by atoms with E-state index in [1.165, 1.54) is 11.8 Å². The first-order valence-electron chi connectivity index (χ1n) is 11.3. The van der Waals surface area contributed by atoms with Crippen LogP contribution in [0.4, 0.5) is 17.1 Å². The maximum Gasteiger partial charge on any atom is 0.255 e. The molecule has 0 saturated carbocycles. The van der Waals surface area contributed by atoms with E-state index in [1.807, 2.05) is 116 Å². The van der Waals surface area contributed by atoms with E-state index >= 15 is 0 Å². The predicted molar refractivity (Wildman–Crippen MR) is 145 cm³/mol. The molecule has 174 valence electrons. The summed E-state index contributed by atoms with van der Waals surface area (Å²) in [5, 5.41) is 2.63. The molecule has 0 bridgehead atoms. The van der Waals surface area contributed by atoms with Gasteiger partial charge in [-0.2, -0.15) is 0 Å². The van der Waals surface area contributed by atoms with E-state index in [-0.39, 0.29) is 17.1 Å². The van der Waals surface area contributed by atoms with Crippen LogP contribution in [0.15, 0.2) is 112 Å². The third-order valence-corrected chi connectivity index (χ3v) is 7.93. The van der Waals surface area contributed by atoms with Crippen molar-refractivity contribution >= 4 is 52.4 Å². The molecule has 0 fully saturated rings. The zero-order chi connectivity index (χ0) is 24.4. The van der Waals surface area contributed by atoms with Crippen LogP contribution in [-0.2, 0) is 4.79 Å². The van der Waals surface area contributed by atoms with Crippen LogP contribution in [0.25, 0.3) is 0 Å². The van der Waals surface area contributed by atoms with Gasteiger partial charge in [0.1, 0.15) is 0 Å².